The Kier molecular flexibility index (Phi) is 13.2. The normalized spacial score (nSPS) is 12.2. The van der Waals surface area contributed by atoms with Crippen LogP contribution in [0.4, 0.5) is 0 Å². The topological polar surface area (TPSA) is 74.6 Å². The Balaban J connectivity index is 0. The quantitative estimate of drug-likeness (QED) is 0.501. The molecule has 24 heavy (non-hydrogen) atoms. The Bertz CT molecular complexity index is 377. The summed E-state index contributed by atoms with van der Waals surface area (Å²) in [5, 5.41) is 17.5. The van der Waals surface area contributed by atoms with Crippen LogP contribution in [0.3, 0.4) is 0 Å². The molecular formula is C20H36O4. The summed E-state index contributed by atoms with van der Waals surface area (Å²) in [6.45, 7) is 11.2. The summed E-state index contributed by atoms with van der Waals surface area (Å²) in [6.07, 6.45) is 13.4. The molecule has 2 N–H and O–H groups in total. The third kappa shape index (κ3) is 12.9. The molecule has 0 aromatic carbocycles. The lowest BCUT2D eigenvalue weighted by Crippen LogP contribution is -2.23. The lowest BCUT2D eigenvalue weighted by Gasteiger charge is -2.17. The van der Waals surface area contributed by atoms with Gasteiger partial charge in [-0.3, -0.25) is 9.59 Å². The van der Waals surface area contributed by atoms with Gasteiger partial charge in [-0.2, -0.15) is 0 Å². The fourth-order valence-corrected chi connectivity index (χ4v) is 1.67. The molecule has 0 saturated carbocycles. The zero-order valence-electron chi connectivity index (χ0n) is 16.3. The molecule has 0 radical (unpaired) electrons. The molecule has 0 unspecified atom stereocenters. The van der Waals surface area contributed by atoms with Crippen molar-refractivity contribution in [1.29, 1.82) is 0 Å². The van der Waals surface area contributed by atoms with Crippen LogP contribution >= 0.6 is 0 Å². The summed E-state index contributed by atoms with van der Waals surface area (Å²) in [5.74, 6) is -1.43. The van der Waals surface area contributed by atoms with Crippen LogP contribution in [0.5, 0.6) is 0 Å². The fourth-order valence-electron chi connectivity index (χ4n) is 1.67. The van der Waals surface area contributed by atoms with Gasteiger partial charge in [-0.1, -0.05) is 38.2 Å². The van der Waals surface area contributed by atoms with E-state index in [9.17, 15) is 9.59 Å². The maximum Gasteiger partial charge on any atom is 0.309 e. The SMILES string of the molecule is CC/C=C\CCC(C)(C)C(=O)O.CC/C=C\CCC(C)(C)C(=O)O. The van der Waals surface area contributed by atoms with Crippen LogP contribution in [0, 0.1) is 10.8 Å². The monoisotopic (exact) mass is 340 g/mol. The lowest BCUT2D eigenvalue weighted by atomic mass is 9.88. The minimum atomic E-state index is -0.715. The van der Waals surface area contributed by atoms with Crippen molar-refractivity contribution < 1.29 is 19.8 Å². The van der Waals surface area contributed by atoms with Crippen molar-refractivity contribution in [3.05, 3.63) is 24.3 Å². The van der Waals surface area contributed by atoms with Crippen molar-refractivity contribution in [3.8, 4) is 0 Å². The Labute approximate surface area is 147 Å². The van der Waals surface area contributed by atoms with Crippen LogP contribution in [0.1, 0.15) is 80.1 Å². The first-order chi connectivity index (χ1) is 11.0. The molecule has 0 heterocycles. The Morgan fingerprint density at radius 1 is 0.708 bits per heavy atom. The van der Waals surface area contributed by atoms with Gasteiger partial charge in [0.1, 0.15) is 0 Å². The molecule has 0 rings (SSSR count). The first-order valence-corrected chi connectivity index (χ1v) is 8.78. The molecule has 0 aliphatic rings. The minimum absolute atomic E-state index is 0.585. The molecule has 0 fully saturated rings. The van der Waals surface area contributed by atoms with Crippen molar-refractivity contribution in [2.45, 2.75) is 80.1 Å². The average Bonchev–Trinajstić information content (AvgIpc) is 2.48. The molecule has 0 aliphatic carbocycles. The fraction of sp³-hybridized carbons (Fsp3) is 0.700. The highest BCUT2D eigenvalue weighted by molar-refractivity contribution is 5.73. The largest absolute Gasteiger partial charge is 0.481 e. The van der Waals surface area contributed by atoms with E-state index in [1.54, 1.807) is 27.7 Å². The zero-order valence-corrected chi connectivity index (χ0v) is 16.3. The van der Waals surface area contributed by atoms with Crippen LogP contribution in [0.15, 0.2) is 24.3 Å². The number of aliphatic carboxylic acids is 2. The van der Waals surface area contributed by atoms with Crippen molar-refractivity contribution in [1.82, 2.24) is 0 Å². The highest BCUT2D eigenvalue weighted by Gasteiger charge is 2.26. The van der Waals surface area contributed by atoms with E-state index in [0.29, 0.717) is 12.8 Å². The van der Waals surface area contributed by atoms with Crippen LogP contribution in [-0.2, 0) is 9.59 Å². The summed E-state index contributed by atoms with van der Waals surface area (Å²) >= 11 is 0. The number of carboxylic acid groups (broad SMARTS) is 2. The third-order valence-corrected chi connectivity index (χ3v) is 3.83. The summed E-state index contributed by atoms with van der Waals surface area (Å²) in [4.78, 5) is 21.3. The predicted molar refractivity (Wildman–Crippen MR) is 100 cm³/mol. The number of hydrogen-bond acceptors (Lipinski definition) is 2. The second-order valence-corrected chi connectivity index (χ2v) is 7.21. The molecule has 140 valence electrons. The minimum Gasteiger partial charge on any atom is -0.481 e. The van der Waals surface area contributed by atoms with Crippen LogP contribution < -0.4 is 0 Å². The Hall–Kier alpha value is -1.58. The molecule has 0 saturated heterocycles. The van der Waals surface area contributed by atoms with Crippen molar-refractivity contribution >= 4 is 11.9 Å². The molecule has 0 bridgehead atoms. The number of rotatable bonds is 10. The van der Waals surface area contributed by atoms with E-state index >= 15 is 0 Å². The van der Waals surface area contributed by atoms with E-state index in [4.69, 9.17) is 10.2 Å². The van der Waals surface area contributed by atoms with Crippen LogP contribution in [0.25, 0.3) is 0 Å². The summed E-state index contributed by atoms with van der Waals surface area (Å²) < 4.78 is 0. The van der Waals surface area contributed by atoms with Crippen LogP contribution in [-0.4, -0.2) is 22.2 Å². The van der Waals surface area contributed by atoms with E-state index in [1.807, 2.05) is 12.2 Å². The maximum atomic E-state index is 10.7. The predicted octanol–water partition coefficient (Wildman–Crippen LogP) is 5.69. The van der Waals surface area contributed by atoms with Gasteiger partial charge in [-0.05, 0) is 66.2 Å². The zero-order chi connectivity index (χ0) is 19.2. The van der Waals surface area contributed by atoms with Gasteiger partial charge in [0.05, 0.1) is 10.8 Å². The van der Waals surface area contributed by atoms with Gasteiger partial charge in [0.15, 0.2) is 0 Å². The van der Waals surface area contributed by atoms with E-state index in [0.717, 1.165) is 25.7 Å². The molecule has 0 atom stereocenters. The number of allylic oxidation sites excluding steroid dienone is 4. The van der Waals surface area contributed by atoms with Crippen molar-refractivity contribution in [3.63, 3.8) is 0 Å². The molecule has 0 amide bonds. The van der Waals surface area contributed by atoms with Crippen molar-refractivity contribution in [2.75, 3.05) is 0 Å². The first kappa shape index (κ1) is 24.7. The molecule has 0 aliphatic heterocycles. The average molecular weight is 341 g/mol. The molecule has 0 aromatic heterocycles. The van der Waals surface area contributed by atoms with Gasteiger partial charge < -0.3 is 10.2 Å². The number of carboxylic acids is 2. The highest BCUT2D eigenvalue weighted by Crippen LogP contribution is 2.23. The summed E-state index contributed by atoms with van der Waals surface area (Å²) in [6, 6.07) is 0. The van der Waals surface area contributed by atoms with Gasteiger partial charge in [-0.15, -0.1) is 0 Å². The smallest absolute Gasteiger partial charge is 0.309 e. The van der Waals surface area contributed by atoms with Crippen LogP contribution in [0.2, 0.25) is 0 Å². The van der Waals surface area contributed by atoms with Gasteiger partial charge in [0.25, 0.3) is 0 Å². The van der Waals surface area contributed by atoms with E-state index < -0.39 is 22.8 Å². The number of carbonyl (C=O) groups is 2. The Morgan fingerprint density at radius 2 is 1.00 bits per heavy atom. The van der Waals surface area contributed by atoms with Gasteiger partial charge in [-0.25, -0.2) is 0 Å². The number of hydrogen-bond donors (Lipinski definition) is 2. The second kappa shape index (κ2) is 12.8. The standard InChI is InChI=1S/2C10H18O2/c2*1-4-5-6-7-8-10(2,3)9(11)12/h2*5-6H,4,7-8H2,1-3H3,(H,11,12)/b2*6-5-. The molecule has 0 spiro atoms. The van der Waals surface area contributed by atoms with Gasteiger partial charge >= 0.3 is 11.9 Å². The van der Waals surface area contributed by atoms with Crippen molar-refractivity contribution in [2.24, 2.45) is 10.8 Å². The van der Waals surface area contributed by atoms with E-state index in [2.05, 4.69) is 26.0 Å². The van der Waals surface area contributed by atoms with E-state index in [1.165, 1.54) is 0 Å². The highest BCUT2D eigenvalue weighted by atomic mass is 16.4. The Morgan fingerprint density at radius 3 is 1.21 bits per heavy atom. The van der Waals surface area contributed by atoms with Gasteiger partial charge in [0.2, 0.25) is 0 Å². The lowest BCUT2D eigenvalue weighted by molar-refractivity contribution is -0.148. The first-order valence-electron chi connectivity index (χ1n) is 8.78. The molecule has 4 nitrogen and oxygen atoms in total. The molecule has 0 aromatic rings. The third-order valence-electron chi connectivity index (χ3n) is 3.83. The van der Waals surface area contributed by atoms with Gasteiger partial charge in [0, 0.05) is 0 Å². The second-order valence-electron chi connectivity index (χ2n) is 7.21. The summed E-state index contributed by atoms with van der Waals surface area (Å²) in [7, 11) is 0. The maximum absolute atomic E-state index is 10.7. The molecular weight excluding hydrogens is 304 g/mol. The summed E-state index contributed by atoms with van der Waals surface area (Å²) in [5.41, 5.74) is -1.17. The molecule has 4 heteroatoms. The van der Waals surface area contributed by atoms with E-state index in [-0.39, 0.29) is 0 Å².